The first-order chi connectivity index (χ1) is 9.22. The second-order valence-electron chi connectivity index (χ2n) is 4.63. The molecule has 0 bridgehead atoms. The number of likely N-dealkylation sites (N-methyl/N-ethyl adjacent to an activating group) is 1. The van der Waals surface area contributed by atoms with Gasteiger partial charge in [-0.2, -0.15) is 0 Å². The van der Waals surface area contributed by atoms with E-state index in [0.29, 0.717) is 6.54 Å². The van der Waals surface area contributed by atoms with Crippen LogP contribution in [0.4, 0.5) is 5.69 Å². The van der Waals surface area contributed by atoms with Crippen molar-refractivity contribution in [1.82, 2.24) is 10.2 Å². The van der Waals surface area contributed by atoms with E-state index >= 15 is 0 Å². The van der Waals surface area contributed by atoms with Crippen LogP contribution in [0.25, 0.3) is 0 Å². The minimum atomic E-state index is 0.0814. The summed E-state index contributed by atoms with van der Waals surface area (Å²) in [5, 5.41) is 2.66. The van der Waals surface area contributed by atoms with Crippen molar-refractivity contribution < 1.29 is 9.53 Å². The zero-order chi connectivity index (χ0) is 13.7. The van der Waals surface area contributed by atoms with E-state index in [2.05, 4.69) is 27.2 Å². The van der Waals surface area contributed by atoms with Crippen LogP contribution >= 0.6 is 0 Å². The van der Waals surface area contributed by atoms with Crippen LogP contribution in [0.15, 0.2) is 24.3 Å². The molecule has 0 aliphatic carbocycles. The molecule has 5 heteroatoms. The van der Waals surface area contributed by atoms with E-state index in [-0.39, 0.29) is 5.91 Å². The lowest BCUT2D eigenvalue weighted by Crippen LogP contribution is -2.49. The van der Waals surface area contributed by atoms with Crippen LogP contribution in [-0.4, -0.2) is 57.7 Å². The van der Waals surface area contributed by atoms with Crippen LogP contribution in [0.5, 0.6) is 5.75 Å². The number of piperazine rings is 1. The highest BCUT2D eigenvalue weighted by molar-refractivity contribution is 5.77. The SMILES string of the molecule is CNC(=O)CN1CCN(c2ccc(OC)cc2)CC1. The van der Waals surface area contributed by atoms with Gasteiger partial charge in [0.05, 0.1) is 13.7 Å². The largest absolute Gasteiger partial charge is 0.497 e. The van der Waals surface area contributed by atoms with Gasteiger partial charge in [-0.3, -0.25) is 9.69 Å². The van der Waals surface area contributed by atoms with Crippen molar-refractivity contribution in [1.29, 1.82) is 0 Å². The van der Waals surface area contributed by atoms with Crippen LogP contribution in [0.3, 0.4) is 0 Å². The van der Waals surface area contributed by atoms with E-state index in [1.807, 2.05) is 12.1 Å². The number of carbonyl (C=O) groups is 1. The number of hydrogen-bond donors (Lipinski definition) is 1. The zero-order valence-electron chi connectivity index (χ0n) is 11.6. The molecule has 2 rings (SSSR count). The quantitative estimate of drug-likeness (QED) is 0.862. The molecule has 1 aromatic carbocycles. The lowest BCUT2D eigenvalue weighted by Gasteiger charge is -2.35. The molecule has 0 aromatic heterocycles. The molecule has 5 nitrogen and oxygen atoms in total. The van der Waals surface area contributed by atoms with Crippen LogP contribution < -0.4 is 15.0 Å². The maximum atomic E-state index is 11.3. The number of nitrogens with one attached hydrogen (secondary N) is 1. The fraction of sp³-hybridized carbons (Fsp3) is 0.500. The van der Waals surface area contributed by atoms with Gasteiger partial charge in [0.25, 0.3) is 0 Å². The van der Waals surface area contributed by atoms with Gasteiger partial charge in [-0.15, -0.1) is 0 Å². The Balaban J connectivity index is 1.86. The normalized spacial score (nSPS) is 16.2. The first kappa shape index (κ1) is 13.7. The molecule has 19 heavy (non-hydrogen) atoms. The number of amides is 1. The highest BCUT2D eigenvalue weighted by atomic mass is 16.5. The third kappa shape index (κ3) is 3.61. The molecule has 1 aliphatic heterocycles. The van der Waals surface area contributed by atoms with Gasteiger partial charge in [-0.1, -0.05) is 0 Å². The average molecular weight is 263 g/mol. The van der Waals surface area contributed by atoms with Crippen LogP contribution in [0.2, 0.25) is 0 Å². The molecule has 1 heterocycles. The fourth-order valence-electron chi connectivity index (χ4n) is 2.24. The van der Waals surface area contributed by atoms with E-state index < -0.39 is 0 Å². The van der Waals surface area contributed by atoms with Gasteiger partial charge < -0.3 is 15.0 Å². The van der Waals surface area contributed by atoms with Gasteiger partial charge >= 0.3 is 0 Å². The van der Waals surface area contributed by atoms with E-state index in [0.717, 1.165) is 31.9 Å². The van der Waals surface area contributed by atoms with Crippen molar-refractivity contribution in [2.75, 3.05) is 51.8 Å². The van der Waals surface area contributed by atoms with Crippen molar-refractivity contribution in [2.24, 2.45) is 0 Å². The first-order valence-electron chi connectivity index (χ1n) is 6.55. The molecule has 0 spiro atoms. The fourth-order valence-corrected chi connectivity index (χ4v) is 2.24. The Kier molecular flexibility index (Phi) is 4.63. The molecule has 1 saturated heterocycles. The summed E-state index contributed by atoms with van der Waals surface area (Å²) < 4.78 is 5.16. The molecule has 1 amide bonds. The summed E-state index contributed by atoms with van der Waals surface area (Å²) >= 11 is 0. The molecule has 1 N–H and O–H groups in total. The molecule has 1 aromatic rings. The summed E-state index contributed by atoms with van der Waals surface area (Å²) in [5.74, 6) is 0.958. The zero-order valence-corrected chi connectivity index (χ0v) is 11.6. The Morgan fingerprint density at radius 1 is 1.21 bits per heavy atom. The smallest absolute Gasteiger partial charge is 0.233 e. The number of ether oxygens (including phenoxy) is 1. The maximum absolute atomic E-state index is 11.3. The highest BCUT2D eigenvalue weighted by Crippen LogP contribution is 2.20. The number of rotatable bonds is 4. The lowest BCUT2D eigenvalue weighted by molar-refractivity contribution is -0.121. The number of benzene rings is 1. The predicted molar refractivity (Wildman–Crippen MR) is 75.7 cm³/mol. The number of hydrogen-bond acceptors (Lipinski definition) is 4. The summed E-state index contributed by atoms with van der Waals surface area (Å²) in [4.78, 5) is 15.8. The van der Waals surface area contributed by atoms with Crippen LogP contribution in [0.1, 0.15) is 0 Å². The number of carbonyl (C=O) groups excluding carboxylic acids is 1. The number of methoxy groups -OCH3 is 1. The molecule has 0 atom stereocenters. The van der Waals surface area contributed by atoms with Gasteiger partial charge in [0.15, 0.2) is 0 Å². The van der Waals surface area contributed by atoms with Crippen molar-refractivity contribution in [3.05, 3.63) is 24.3 Å². The topological polar surface area (TPSA) is 44.8 Å². The molecule has 1 aliphatic rings. The summed E-state index contributed by atoms with van der Waals surface area (Å²) in [6.07, 6.45) is 0. The van der Waals surface area contributed by atoms with E-state index in [4.69, 9.17) is 4.74 Å². The van der Waals surface area contributed by atoms with Gasteiger partial charge in [0.1, 0.15) is 5.75 Å². The summed E-state index contributed by atoms with van der Waals surface area (Å²) in [7, 11) is 3.35. The molecule has 1 fully saturated rings. The second kappa shape index (κ2) is 6.43. The highest BCUT2D eigenvalue weighted by Gasteiger charge is 2.18. The van der Waals surface area contributed by atoms with Crippen LogP contribution in [-0.2, 0) is 4.79 Å². The van der Waals surface area contributed by atoms with Gasteiger partial charge in [0, 0.05) is 38.9 Å². The summed E-state index contributed by atoms with van der Waals surface area (Å²) in [5.41, 5.74) is 1.21. The monoisotopic (exact) mass is 263 g/mol. The van der Waals surface area contributed by atoms with Crippen molar-refractivity contribution in [3.8, 4) is 5.75 Å². The number of anilines is 1. The Hall–Kier alpha value is -1.75. The van der Waals surface area contributed by atoms with Gasteiger partial charge in [-0.25, -0.2) is 0 Å². The Bertz CT molecular complexity index is 411. The standard InChI is InChI=1S/C14H21N3O2/c1-15-14(18)11-16-7-9-17(10-8-16)12-3-5-13(19-2)6-4-12/h3-6H,7-11H2,1-2H3,(H,15,18). The molecular weight excluding hydrogens is 242 g/mol. The third-order valence-electron chi connectivity index (χ3n) is 3.46. The van der Waals surface area contributed by atoms with Crippen molar-refractivity contribution >= 4 is 11.6 Å². The predicted octanol–water partition coefficient (Wildman–Crippen LogP) is 0.563. The summed E-state index contributed by atoms with van der Waals surface area (Å²) in [6.45, 7) is 4.22. The average Bonchev–Trinajstić information content (AvgIpc) is 2.48. The molecule has 0 saturated carbocycles. The van der Waals surface area contributed by atoms with Gasteiger partial charge in [0.2, 0.25) is 5.91 Å². The van der Waals surface area contributed by atoms with Crippen molar-refractivity contribution in [3.63, 3.8) is 0 Å². The lowest BCUT2D eigenvalue weighted by atomic mass is 10.2. The van der Waals surface area contributed by atoms with E-state index in [9.17, 15) is 4.79 Å². The molecule has 0 unspecified atom stereocenters. The van der Waals surface area contributed by atoms with Gasteiger partial charge in [-0.05, 0) is 24.3 Å². The second-order valence-corrected chi connectivity index (χ2v) is 4.63. The minimum absolute atomic E-state index is 0.0814. The van der Waals surface area contributed by atoms with E-state index in [1.165, 1.54) is 5.69 Å². The van der Waals surface area contributed by atoms with Crippen molar-refractivity contribution in [2.45, 2.75) is 0 Å². The van der Waals surface area contributed by atoms with E-state index in [1.54, 1.807) is 14.2 Å². The number of nitrogens with zero attached hydrogens (tertiary/aromatic N) is 2. The minimum Gasteiger partial charge on any atom is -0.497 e. The molecule has 104 valence electrons. The first-order valence-corrected chi connectivity index (χ1v) is 6.55. The molecular formula is C14H21N3O2. The Morgan fingerprint density at radius 3 is 2.37 bits per heavy atom. The molecule has 0 radical (unpaired) electrons. The Labute approximate surface area is 114 Å². The van der Waals surface area contributed by atoms with Crippen LogP contribution in [0, 0.1) is 0 Å². The maximum Gasteiger partial charge on any atom is 0.233 e. The Morgan fingerprint density at radius 2 is 1.84 bits per heavy atom. The third-order valence-corrected chi connectivity index (χ3v) is 3.46. The summed E-state index contributed by atoms with van der Waals surface area (Å²) in [6, 6.07) is 8.11.